The molecule has 4 rings (SSSR count). The zero-order valence-electron chi connectivity index (χ0n) is 13.9. The van der Waals surface area contributed by atoms with Gasteiger partial charge in [-0.1, -0.05) is 18.2 Å². The molecule has 0 saturated heterocycles. The number of carbonyl (C=O) groups is 1. The van der Waals surface area contributed by atoms with Crippen molar-refractivity contribution in [2.45, 2.75) is 19.9 Å². The van der Waals surface area contributed by atoms with Gasteiger partial charge in [0.05, 0.1) is 12.8 Å². The van der Waals surface area contributed by atoms with E-state index in [0.717, 1.165) is 23.6 Å². The van der Waals surface area contributed by atoms with Crippen molar-refractivity contribution in [2.24, 2.45) is 0 Å². The van der Waals surface area contributed by atoms with E-state index in [2.05, 4.69) is 21.4 Å². The molecule has 0 fully saturated rings. The second kappa shape index (κ2) is 6.39. The summed E-state index contributed by atoms with van der Waals surface area (Å²) in [7, 11) is 0. The Kier molecular flexibility index (Phi) is 3.93. The van der Waals surface area contributed by atoms with E-state index in [-0.39, 0.29) is 5.91 Å². The summed E-state index contributed by atoms with van der Waals surface area (Å²) in [5.74, 6) is 1.11. The average molecular weight is 334 g/mol. The molecule has 25 heavy (non-hydrogen) atoms. The molecule has 0 radical (unpaired) electrons. The lowest BCUT2D eigenvalue weighted by Crippen LogP contribution is -2.30. The highest BCUT2D eigenvalue weighted by Gasteiger charge is 2.26. The summed E-state index contributed by atoms with van der Waals surface area (Å²) < 4.78 is 5.29. The number of hydrogen-bond donors (Lipinski definition) is 1. The van der Waals surface area contributed by atoms with Gasteiger partial charge in [-0.2, -0.15) is 0 Å². The van der Waals surface area contributed by atoms with Gasteiger partial charge < -0.3 is 14.6 Å². The molecular formula is C19H18N4O2. The number of nitrogens with one attached hydrogen (secondary N) is 1. The zero-order chi connectivity index (χ0) is 17.2. The Hall–Kier alpha value is -3.15. The lowest BCUT2D eigenvalue weighted by molar-refractivity contribution is 0.0984. The maximum absolute atomic E-state index is 12.9. The highest BCUT2D eigenvalue weighted by atomic mass is 16.3. The number of benzene rings is 1. The van der Waals surface area contributed by atoms with Crippen molar-refractivity contribution in [2.75, 3.05) is 16.8 Å². The Labute approximate surface area is 145 Å². The second-order valence-corrected chi connectivity index (χ2v) is 5.99. The van der Waals surface area contributed by atoms with Crippen LogP contribution in [0.3, 0.4) is 0 Å². The molecule has 6 heteroatoms. The van der Waals surface area contributed by atoms with E-state index in [0.29, 0.717) is 24.7 Å². The van der Waals surface area contributed by atoms with Crippen molar-refractivity contribution < 1.29 is 9.21 Å². The van der Waals surface area contributed by atoms with Crippen LogP contribution in [0.2, 0.25) is 0 Å². The summed E-state index contributed by atoms with van der Waals surface area (Å²) in [5.41, 5.74) is 3.30. The Morgan fingerprint density at radius 2 is 2.12 bits per heavy atom. The molecule has 6 nitrogen and oxygen atoms in total. The molecule has 3 aromatic rings. The van der Waals surface area contributed by atoms with Crippen molar-refractivity contribution in [1.29, 1.82) is 0 Å². The first-order valence-electron chi connectivity index (χ1n) is 8.22. The van der Waals surface area contributed by atoms with Crippen molar-refractivity contribution in [3.05, 3.63) is 71.4 Å². The first-order chi connectivity index (χ1) is 12.2. The Morgan fingerprint density at radius 3 is 2.96 bits per heavy atom. The molecule has 1 N–H and O–H groups in total. The number of hydrogen-bond acceptors (Lipinski definition) is 5. The fraction of sp³-hybridized carbons (Fsp3) is 0.211. The number of amides is 1. The van der Waals surface area contributed by atoms with Crippen LogP contribution in [-0.2, 0) is 13.0 Å². The number of fused-ring (bicyclic) bond motifs is 1. The number of para-hydroxylation sites is 1. The Morgan fingerprint density at radius 1 is 1.24 bits per heavy atom. The first-order valence-corrected chi connectivity index (χ1v) is 8.22. The topological polar surface area (TPSA) is 71.3 Å². The van der Waals surface area contributed by atoms with Gasteiger partial charge in [-0.25, -0.2) is 9.97 Å². The molecule has 3 heterocycles. The fourth-order valence-corrected chi connectivity index (χ4v) is 3.02. The summed E-state index contributed by atoms with van der Waals surface area (Å²) in [4.78, 5) is 23.5. The van der Waals surface area contributed by atoms with Gasteiger partial charge in [0.15, 0.2) is 0 Å². The maximum Gasteiger partial charge on any atom is 0.277 e. The molecule has 1 aliphatic heterocycles. The Bertz CT molecular complexity index is 906. The van der Waals surface area contributed by atoms with Gasteiger partial charge in [0.2, 0.25) is 5.95 Å². The summed E-state index contributed by atoms with van der Waals surface area (Å²) in [6.45, 7) is 3.00. The van der Waals surface area contributed by atoms with Crippen LogP contribution in [0.25, 0.3) is 0 Å². The lowest BCUT2D eigenvalue weighted by atomic mass is 10.2. The van der Waals surface area contributed by atoms with Gasteiger partial charge in [-0.05, 0) is 43.2 Å². The lowest BCUT2D eigenvalue weighted by Gasteiger charge is -2.17. The normalized spacial score (nSPS) is 12.9. The molecule has 0 spiro atoms. The van der Waals surface area contributed by atoms with Crippen LogP contribution in [0.15, 0.2) is 53.1 Å². The molecule has 0 bridgehead atoms. The minimum atomic E-state index is -0.100. The van der Waals surface area contributed by atoms with E-state index in [1.807, 2.05) is 37.3 Å². The van der Waals surface area contributed by atoms with Crippen molar-refractivity contribution in [3.8, 4) is 0 Å². The van der Waals surface area contributed by atoms with Crippen LogP contribution >= 0.6 is 0 Å². The van der Waals surface area contributed by atoms with E-state index in [1.54, 1.807) is 17.2 Å². The molecule has 0 aliphatic carbocycles. The van der Waals surface area contributed by atoms with Crippen LogP contribution < -0.4 is 10.2 Å². The maximum atomic E-state index is 12.9. The zero-order valence-corrected chi connectivity index (χ0v) is 13.9. The third-order valence-corrected chi connectivity index (χ3v) is 4.21. The largest absolute Gasteiger partial charge is 0.467 e. The summed E-state index contributed by atoms with van der Waals surface area (Å²) in [5, 5.41) is 3.11. The Balaban J connectivity index is 1.57. The molecule has 1 aliphatic rings. The molecular weight excluding hydrogens is 316 g/mol. The summed E-state index contributed by atoms with van der Waals surface area (Å²) >= 11 is 0. The van der Waals surface area contributed by atoms with Crippen molar-refractivity contribution in [1.82, 2.24) is 9.97 Å². The molecule has 126 valence electrons. The van der Waals surface area contributed by atoms with Gasteiger partial charge in [0.1, 0.15) is 11.5 Å². The van der Waals surface area contributed by atoms with Crippen molar-refractivity contribution in [3.63, 3.8) is 0 Å². The third-order valence-electron chi connectivity index (χ3n) is 4.21. The van der Waals surface area contributed by atoms with E-state index in [4.69, 9.17) is 4.42 Å². The number of aryl methyl sites for hydroxylation is 1. The fourth-order valence-electron chi connectivity index (χ4n) is 3.02. The van der Waals surface area contributed by atoms with Crippen LogP contribution in [-0.4, -0.2) is 22.4 Å². The van der Waals surface area contributed by atoms with Crippen molar-refractivity contribution >= 4 is 17.5 Å². The van der Waals surface area contributed by atoms with Crippen LogP contribution in [0.4, 0.5) is 11.6 Å². The summed E-state index contributed by atoms with van der Waals surface area (Å²) in [6, 6.07) is 13.4. The second-order valence-electron chi connectivity index (χ2n) is 5.99. The highest BCUT2D eigenvalue weighted by molar-refractivity contribution is 6.06. The van der Waals surface area contributed by atoms with Crippen LogP contribution in [0, 0.1) is 6.92 Å². The average Bonchev–Trinajstić information content (AvgIpc) is 3.28. The molecule has 2 aromatic heterocycles. The number of rotatable bonds is 4. The number of furan rings is 1. The van der Waals surface area contributed by atoms with Gasteiger partial charge >= 0.3 is 0 Å². The smallest absolute Gasteiger partial charge is 0.277 e. The predicted molar refractivity (Wildman–Crippen MR) is 94.6 cm³/mol. The monoisotopic (exact) mass is 334 g/mol. The number of nitrogens with zero attached hydrogens (tertiary/aromatic N) is 3. The molecule has 1 aromatic carbocycles. The number of carbonyl (C=O) groups excluding carboxylic acids is 1. The van der Waals surface area contributed by atoms with E-state index < -0.39 is 0 Å². The van der Waals surface area contributed by atoms with Crippen LogP contribution in [0.1, 0.15) is 27.5 Å². The SMILES string of the molecule is Cc1cc(C(=O)N2CCc3ccccc32)nc(NCc2ccco2)n1. The highest BCUT2D eigenvalue weighted by Crippen LogP contribution is 2.28. The standard InChI is InChI=1S/C19H18N4O2/c1-13-11-16(22-19(21-13)20-12-15-6-4-10-25-15)18(24)23-9-8-14-5-2-3-7-17(14)23/h2-7,10-11H,8-9,12H2,1H3,(H,20,21,22). The quantitative estimate of drug-likeness (QED) is 0.793. The molecule has 0 saturated carbocycles. The molecule has 0 unspecified atom stereocenters. The van der Waals surface area contributed by atoms with Gasteiger partial charge in [-0.15, -0.1) is 0 Å². The molecule has 1 amide bonds. The van der Waals surface area contributed by atoms with Gasteiger partial charge in [0, 0.05) is 17.9 Å². The minimum absolute atomic E-state index is 0.100. The number of aromatic nitrogens is 2. The third kappa shape index (κ3) is 3.10. The van der Waals surface area contributed by atoms with E-state index >= 15 is 0 Å². The van der Waals surface area contributed by atoms with E-state index in [9.17, 15) is 4.79 Å². The minimum Gasteiger partial charge on any atom is -0.467 e. The summed E-state index contributed by atoms with van der Waals surface area (Å²) in [6.07, 6.45) is 2.49. The predicted octanol–water partition coefficient (Wildman–Crippen LogP) is 3.19. The van der Waals surface area contributed by atoms with E-state index in [1.165, 1.54) is 5.56 Å². The van der Waals surface area contributed by atoms with Crippen LogP contribution in [0.5, 0.6) is 0 Å². The van der Waals surface area contributed by atoms with Gasteiger partial charge in [0.25, 0.3) is 5.91 Å². The number of anilines is 2. The first kappa shape index (κ1) is 15.4. The van der Waals surface area contributed by atoms with Gasteiger partial charge in [-0.3, -0.25) is 4.79 Å². The molecule has 0 atom stereocenters.